The fourth-order valence-corrected chi connectivity index (χ4v) is 2.12. The van der Waals surface area contributed by atoms with Crippen LogP contribution >= 0.6 is 0 Å². The van der Waals surface area contributed by atoms with E-state index in [2.05, 4.69) is 46.7 Å². The molecule has 2 N–H and O–H groups in total. The zero-order valence-corrected chi connectivity index (χ0v) is 7.83. The van der Waals surface area contributed by atoms with Crippen LogP contribution in [0.2, 0.25) is 0 Å². The minimum atomic E-state index is 0.487. The van der Waals surface area contributed by atoms with Crippen LogP contribution < -0.4 is 5.32 Å². The van der Waals surface area contributed by atoms with Crippen molar-refractivity contribution >= 4 is 5.69 Å². The topological polar surface area (TPSA) is 27.8 Å². The Balaban J connectivity index is 2.06. The predicted molar refractivity (Wildman–Crippen MR) is 57.6 cm³/mol. The quantitative estimate of drug-likeness (QED) is 0.700. The summed E-state index contributed by atoms with van der Waals surface area (Å²) in [7, 11) is 0. The van der Waals surface area contributed by atoms with E-state index in [1.165, 1.54) is 16.9 Å². The van der Waals surface area contributed by atoms with Crippen LogP contribution in [0.3, 0.4) is 0 Å². The lowest BCUT2D eigenvalue weighted by molar-refractivity contribution is 0.872. The molecule has 70 valence electrons. The molecule has 0 fully saturated rings. The maximum atomic E-state index is 3.42. The van der Waals surface area contributed by atoms with Crippen molar-refractivity contribution in [1.82, 2.24) is 4.98 Å². The Morgan fingerprint density at radius 1 is 1.07 bits per heavy atom. The van der Waals surface area contributed by atoms with Gasteiger partial charge in [0.15, 0.2) is 0 Å². The number of hydrogen-bond acceptors (Lipinski definition) is 1. The molecule has 0 amide bonds. The molecule has 2 nitrogen and oxygen atoms in total. The van der Waals surface area contributed by atoms with Crippen molar-refractivity contribution in [2.75, 3.05) is 11.9 Å². The highest BCUT2D eigenvalue weighted by molar-refractivity contribution is 5.59. The van der Waals surface area contributed by atoms with E-state index in [0.29, 0.717) is 5.92 Å². The second-order valence-corrected chi connectivity index (χ2v) is 3.65. The summed E-state index contributed by atoms with van der Waals surface area (Å²) < 4.78 is 0. The Morgan fingerprint density at radius 2 is 2.00 bits per heavy atom. The minimum absolute atomic E-state index is 0.487. The maximum Gasteiger partial charge on any atom is 0.0434 e. The zero-order valence-electron chi connectivity index (χ0n) is 7.83. The SMILES string of the molecule is c1c[nH]c(C2CNc3ccccc32)c1. The molecule has 0 saturated heterocycles. The molecule has 1 atom stereocenters. The Hall–Kier alpha value is -1.70. The van der Waals surface area contributed by atoms with Gasteiger partial charge < -0.3 is 10.3 Å². The van der Waals surface area contributed by atoms with Gasteiger partial charge in [-0.25, -0.2) is 0 Å². The van der Waals surface area contributed by atoms with Crippen molar-refractivity contribution in [3.8, 4) is 0 Å². The lowest BCUT2D eigenvalue weighted by Gasteiger charge is -2.07. The molecule has 1 aliphatic rings. The molecule has 0 radical (unpaired) electrons. The monoisotopic (exact) mass is 184 g/mol. The molecule has 0 spiro atoms. The van der Waals surface area contributed by atoms with Crippen LogP contribution in [0, 0.1) is 0 Å². The molecule has 2 heterocycles. The molecule has 0 saturated carbocycles. The van der Waals surface area contributed by atoms with Crippen LogP contribution in [0.15, 0.2) is 42.6 Å². The van der Waals surface area contributed by atoms with Gasteiger partial charge in [-0.2, -0.15) is 0 Å². The first kappa shape index (κ1) is 7.68. The molecule has 0 aliphatic carbocycles. The number of aromatic nitrogens is 1. The van der Waals surface area contributed by atoms with Crippen molar-refractivity contribution in [2.24, 2.45) is 0 Å². The highest BCUT2D eigenvalue weighted by Crippen LogP contribution is 2.34. The average Bonchev–Trinajstić information content (AvgIpc) is 2.85. The van der Waals surface area contributed by atoms with Gasteiger partial charge in [-0.05, 0) is 23.8 Å². The smallest absolute Gasteiger partial charge is 0.0434 e. The predicted octanol–water partition coefficient (Wildman–Crippen LogP) is 2.57. The van der Waals surface area contributed by atoms with Gasteiger partial charge in [-0.3, -0.25) is 0 Å². The Labute approximate surface area is 83.0 Å². The van der Waals surface area contributed by atoms with Gasteiger partial charge in [0, 0.05) is 30.0 Å². The van der Waals surface area contributed by atoms with E-state index in [9.17, 15) is 0 Å². The summed E-state index contributed by atoms with van der Waals surface area (Å²) in [5.41, 5.74) is 3.96. The van der Waals surface area contributed by atoms with E-state index in [4.69, 9.17) is 0 Å². The molecule has 14 heavy (non-hydrogen) atoms. The summed E-state index contributed by atoms with van der Waals surface area (Å²) in [4.78, 5) is 3.28. The van der Waals surface area contributed by atoms with E-state index in [1.54, 1.807) is 0 Å². The number of benzene rings is 1. The van der Waals surface area contributed by atoms with Crippen LogP contribution in [0.4, 0.5) is 5.69 Å². The number of rotatable bonds is 1. The second-order valence-electron chi connectivity index (χ2n) is 3.65. The first-order valence-corrected chi connectivity index (χ1v) is 4.91. The molecule has 2 aromatic rings. The van der Waals surface area contributed by atoms with Crippen molar-refractivity contribution < 1.29 is 0 Å². The van der Waals surface area contributed by atoms with Gasteiger partial charge in [0.1, 0.15) is 0 Å². The zero-order chi connectivity index (χ0) is 9.38. The standard InChI is InChI=1S/C12H12N2/c1-2-5-11-9(4-1)10(8-14-11)12-6-3-7-13-12/h1-7,10,13-14H,8H2. The van der Waals surface area contributed by atoms with Gasteiger partial charge in [-0.15, -0.1) is 0 Å². The Kier molecular flexibility index (Phi) is 1.60. The molecule has 3 rings (SSSR count). The van der Waals surface area contributed by atoms with Crippen LogP contribution in [0.1, 0.15) is 17.2 Å². The van der Waals surface area contributed by atoms with Gasteiger partial charge in [0.2, 0.25) is 0 Å². The highest BCUT2D eigenvalue weighted by Gasteiger charge is 2.23. The van der Waals surface area contributed by atoms with E-state index in [-0.39, 0.29) is 0 Å². The Morgan fingerprint density at radius 3 is 2.86 bits per heavy atom. The number of fused-ring (bicyclic) bond motifs is 1. The van der Waals surface area contributed by atoms with Crippen molar-refractivity contribution in [3.63, 3.8) is 0 Å². The molecule has 1 unspecified atom stereocenters. The Bertz CT molecular complexity index is 431. The first-order chi connectivity index (χ1) is 6.95. The van der Waals surface area contributed by atoms with Crippen LogP contribution in [-0.4, -0.2) is 11.5 Å². The third kappa shape index (κ3) is 1.04. The lowest BCUT2D eigenvalue weighted by Crippen LogP contribution is -2.03. The van der Waals surface area contributed by atoms with E-state index in [1.807, 2.05) is 6.20 Å². The molecule has 1 aromatic heterocycles. The van der Waals surface area contributed by atoms with Crippen molar-refractivity contribution in [3.05, 3.63) is 53.9 Å². The third-order valence-electron chi connectivity index (χ3n) is 2.83. The molecular weight excluding hydrogens is 172 g/mol. The van der Waals surface area contributed by atoms with Gasteiger partial charge >= 0.3 is 0 Å². The molecule has 1 aliphatic heterocycles. The van der Waals surface area contributed by atoms with Crippen LogP contribution in [0.25, 0.3) is 0 Å². The van der Waals surface area contributed by atoms with E-state index >= 15 is 0 Å². The van der Waals surface area contributed by atoms with E-state index < -0.39 is 0 Å². The average molecular weight is 184 g/mol. The summed E-state index contributed by atoms with van der Waals surface area (Å²) in [6.45, 7) is 1.000. The van der Waals surface area contributed by atoms with Crippen molar-refractivity contribution in [2.45, 2.75) is 5.92 Å². The summed E-state index contributed by atoms with van der Waals surface area (Å²) in [5.74, 6) is 0.487. The molecule has 1 aromatic carbocycles. The fraction of sp³-hybridized carbons (Fsp3) is 0.167. The van der Waals surface area contributed by atoms with Crippen LogP contribution in [0.5, 0.6) is 0 Å². The lowest BCUT2D eigenvalue weighted by atomic mass is 9.98. The largest absolute Gasteiger partial charge is 0.384 e. The maximum absolute atomic E-state index is 3.42. The fourth-order valence-electron chi connectivity index (χ4n) is 2.12. The molecule has 0 bridgehead atoms. The summed E-state index contributed by atoms with van der Waals surface area (Å²) >= 11 is 0. The summed E-state index contributed by atoms with van der Waals surface area (Å²) in [6.07, 6.45) is 1.98. The minimum Gasteiger partial charge on any atom is -0.384 e. The number of anilines is 1. The second kappa shape index (κ2) is 2.91. The normalized spacial score (nSPS) is 19.0. The van der Waals surface area contributed by atoms with Gasteiger partial charge in [-0.1, -0.05) is 18.2 Å². The number of H-pyrrole nitrogens is 1. The molecular formula is C12H12N2. The van der Waals surface area contributed by atoms with E-state index in [0.717, 1.165) is 6.54 Å². The summed E-state index contributed by atoms with van der Waals surface area (Å²) in [6, 6.07) is 12.7. The number of aromatic amines is 1. The molecule has 2 heteroatoms. The number of nitrogens with one attached hydrogen (secondary N) is 2. The van der Waals surface area contributed by atoms with Crippen molar-refractivity contribution in [1.29, 1.82) is 0 Å². The summed E-state index contributed by atoms with van der Waals surface area (Å²) in [5, 5.41) is 3.42. The first-order valence-electron chi connectivity index (χ1n) is 4.91. The number of hydrogen-bond donors (Lipinski definition) is 2. The van der Waals surface area contributed by atoms with Gasteiger partial charge in [0.05, 0.1) is 0 Å². The third-order valence-corrected chi connectivity index (χ3v) is 2.83. The van der Waals surface area contributed by atoms with Crippen LogP contribution in [-0.2, 0) is 0 Å². The van der Waals surface area contributed by atoms with Gasteiger partial charge in [0.25, 0.3) is 0 Å². The number of para-hydroxylation sites is 1. The highest BCUT2D eigenvalue weighted by atomic mass is 14.9.